The minimum Gasteiger partial charge on any atom is -0.330 e. The Balaban J connectivity index is 2.28. The zero-order valence-electron chi connectivity index (χ0n) is 11.1. The number of rotatable bonds is 6. The first-order valence-electron chi connectivity index (χ1n) is 6.16. The number of nitrogens with zero attached hydrogens (tertiary/aromatic N) is 1. The maximum atomic E-state index is 11.7. The molecule has 0 spiro atoms. The smallest absolute Gasteiger partial charge is 0.269 e. The molecule has 0 fully saturated rings. The van der Waals surface area contributed by atoms with Gasteiger partial charge < -0.3 is 5.73 Å². The van der Waals surface area contributed by atoms with Crippen LogP contribution in [0.1, 0.15) is 16.8 Å². The van der Waals surface area contributed by atoms with E-state index in [1.165, 1.54) is 0 Å². The number of hydrogen-bond donors (Lipinski definition) is 3. The maximum absolute atomic E-state index is 11.7. The number of nitrogens with two attached hydrogens (primary N) is 1. The Morgan fingerprint density at radius 2 is 1.89 bits per heavy atom. The van der Waals surface area contributed by atoms with Crippen LogP contribution in [0.25, 0.3) is 0 Å². The molecule has 19 heavy (non-hydrogen) atoms. The molecule has 0 bridgehead atoms. The number of hydrogen-bond acceptors (Lipinski definition) is 4. The summed E-state index contributed by atoms with van der Waals surface area (Å²) in [6, 6.07) is 8.69. The minimum atomic E-state index is -0.335. The van der Waals surface area contributed by atoms with E-state index in [0.717, 1.165) is 13.0 Å². The lowest BCUT2D eigenvalue weighted by Crippen LogP contribution is -2.46. The second kappa shape index (κ2) is 8.23. The molecular weight excluding hydrogens is 244 g/mol. The van der Waals surface area contributed by atoms with Crippen LogP contribution in [0, 0.1) is 0 Å². The van der Waals surface area contributed by atoms with E-state index in [2.05, 4.69) is 10.9 Å². The van der Waals surface area contributed by atoms with E-state index in [0.29, 0.717) is 12.1 Å². The van der Waals surface area contributed by atoms with Crippen LogP contribution in [0.4, 0.5) is 0 Å². The molecule has 1 rings (SSSR count). The van der Waals surface area contributed by atoms with Crippen molar-refractivity contribution in [2.45, 2.75) is 6.42 Å². The molecule has 6 nitrogen and oxygen atoms in total. The molecule has 0 radical (unpaired) electrons. The number of likely N-dealkylation sites (N-methyl/N-ethyl adjacent to an activating group) is 1. The van der Waals surface area contributed by atoms with E-state index in [1.807, 2.05) is 18.0 Å². The Hall–Kier alpha value is -1.92. The number of hydrazine groups is 1. The fraction of sp³-hybridized carbons (Fsp3) is 0.385. The third-order valence-electron chi connectivity index (χ3n) is 2.51. The molecule has 1 aromatic rings. The van der Waals surface area contributed by atoms with Crippen molar-refractivity contribution in [2.75, 3.05) is 26.7 Å². The van der Waals surface area contributed by atoms with E-state index in [1.54, 1.807) is 24.3 Å². The summed E-state index contributed by atoms with van der Waals surface area (Å²) >= 11 is 0. The molecule has 2 amide bonds. The number of nitrogens with one attached hydrogen (secondary N) is 2. The SMILES string of the molecule is CN(CCCN)CC(=O)NNC(=O)c1ccccc1. The summed E-state index contributed by atoms with van der Waals surface area (Å²) in [7, 11) is 1.83. The topological polar surface area (TPSA) is 87.5 Å². The van der Waals surface area contributed by atoms with E-state index in [-0.39, 0.29) is 18.4 Å². The van der Waals surface area contributed by atoms with Gasteiger partial charge in [0.1, 0.15) is 0 Å². The number of benzene rings is 1. The van der Waals surface area contributed by atoms with E-state index in [9.17, 15) is 9.59 Å². The third kappa shape index (κ3) is 5.98. The largest absolute Gasteiger partial charge is 0.330 e. The summed E-state index contributed by atoms with van der Waals surface area (Å²) in [5.74, 6) is -0.595. The molecular formula is C13H20N4O2. The Bertz CT molecular complexity index is 408. The van der Waals surface area contributed by atoms with Crippen LogP contribution in [-0.4, -0.2) is 43.4 Å². The average molecular weight is 264 g/mol. The maximum Gasteiger partial charge on any atom is 0.269 e. The van der Waals surface area contributed by atoms with E-state index in [4.69, 9.17) is 5.73 Å². The Kier molecular flexibility index (Phi) is 6.56. The molecule has 0 saturated carbocycles. The molecule has 0 aromatic heterocycles. The van der Waals surface area contributed by atoms with Gasteiger partial charge in [0.25, 0.3) is 11.8 Å². The van der Waals surface area contributed by atoms with Crippen molar-refractivity contribution in [3.8, 4) is 0 Å². The van der Waals surface area contributed by atoms with Crippen LogP contribution in [0.3, 0.4) is 0 Å². The second-order valence-electron chi connectivity index (χ2n) is 4.25. The molecule has 0 unspecified atom stereocenters. The van der Waals surface area contributed by atoms with Gasteiger partial charge in [-0.2, -0.15) is 0 Å². The van der Waals surface area contributed by atoms with Crippen molar-refractivity contribution in [3.63, 3.8) is 0 Å². The lowest BCUT2D eigenvalue weighted by Gasteiger charge is -2.15. The number of amides is 2. The van der Waals surface area contributed by atoms with E-state index < -0.39 is 0 Å². The van der Waals surface area contributed by atoms with Gasteiger partial charge in [-0.15, -0.1) is 0 Å². The molecule has 0 aliphatic heterocycles. The van der Waals surface area contributed by atoms with Crippen molar-refractivity contribution in [2.24, 2.45) is 5.73 Å². The molecule has 0 heterocycles. The Labute approximate surface area is 112 Å². The lowest BCUT2D eigenvalue weighted by atomic mass is 10.2. The summed E-state index contributed by atoms with van der Waals surface area (Å²) < 4.78 is 0. The first kappa shape index (κ1) is 15.1. The molecule has 0 aliphatic carbocycles. The molecule has 1 aromatic carbocycles. The normalized spacial score (nSPS) is 10.3. The first-order chi connectivity index (χ1) is 9.13. The molecule has 0 saturated heterocycles. The van der Waals surface area contributed by atoms with Gasteiger partial charge in [-0.1, -0.05) is 18.2 Å². The standard InChI is InChI=1S/C13H20N4O2/c1-17(9-5-8-14)10-12(18)15-16-13(19)11-6-3-2-4-7-11/h2-4,6-7H,5,8-10,14H2,1H3,(H,15,18)(H,16,19). The Morgan fingerprint density at radius 1 is 1.21 bits per heavy atom. The highest BCUT2D eigenvalue weighted by Crippen LogP contribution is 1.96. The zero-order valence-corrected chi connectivity index (χ0v) is 11.1. The predicted molar refractivity (Wildman–Crippen MR) is 73.2 cm³/mol. The highest BCUT2D eigenvalue weighted by Gasteiger charge is 2.08. The van der Waals surface area contributed by atoms with Gasteiger partial charge in [0, 0.05) is 5.56 Å². The summed E-state index contributed by atoms with van der Waals surface area (Å²) in [5, 5.41) is 0. The van der Waals surface area contributed by atoms with Crippen LogP contribution in [0.15, 0.2) is 30.3 Å². The molecule has 0 aliphatic rings. The summed E-state index contributed by atoms with van der Waals surface area (Å²) in [4.78, 5) is 25.0. The van der Waals surface area contributed by atoms with Crippen molar-refractivity contribution in [1.29, 1.82) is 0 Å². The monoisotopic (exact) mass is 264 g/mol. The average Bonchev–Trinajstić information content (AvgIpc) is 2.43. The van der Waals surface area contributed by atoms with Gasteiger partial charge >= 0.3 is 0 Å². The zero-order chi connectivity index (χ0) is 14.1. The van der Waals surface area contributed by atoms with Crippen molar-refractivity contribution < 1.29 is 9.59 Å². The first-order valence-corrected chi connectivity index (χ1v) is 6.16. The summed E-state index contributed by atoms with van der Waals surface area (Å²) in [5.41, 5.74) is 10.6. The van der Waals surface area contributed by atoms with Crippen LogP contribution < -0.4 is 16.6 Å². The van der Waals surface area contributed by atoms with Gasteiger partial charge in [0.2, 0.25) is 0 Å². The van der Waals surface area contributed by atoms with Crippen LogP contribution in [-0.2, 0) is 4.79 Å². The van der Waals surface area contributed by atoms with Crippen LogP contribution in [0.5, 0.6) is 0 Å². The van der Waals surface area contributed by atoms with Gasteiger partial charge in [-0.3, -0.25) is 25.3 Å². The van der Waals surface area contributed by atoms with Gasteiger partial charge in [0.05, 0.1) is 6.54 Å². The number of carbonyl (C=O) groups excluding carboxylic acids is 2. The quantitative estimate of drug-likeness (QED) is 0.617. The van der Waals surface area contributed by atoms with Gasteiger partial charge in [-0.25, -0.2) is 0 Å². The predicted octanol–water partition coefficient (Wildman–Crippen LogP) is -0.272. The number of carbonyl (C=O) groups is 2. The van der Waals surface area contributed by atoms with Crippen LogP contribution >= 0.6 is 0 Å². The fourth-order valence-corrected chi connectivity index (χ4v) is 1.51. The van der Waals surface area contributed by atoms with Crippen molar-refractivity contribution >= 4 is 11.8 Å². The van der Waals surface area contributed by atoms with Crippen molar-refractivity contribution in [3.05, 3.63) is 35.9 Å². The van der Waals surface area contributed by atoms with E-state index >= 15 is 0 Å². The molecule has 6 heteroatoms. The van der Waals surface area contributed by atoms with Crippen molar-refractivity contribution in [1.82, 2.24) is 15.8 Å². The summed E-state index contributed by atoms with van der Waals surface area (Å²) in [6.45, 7) is 1.56. The van der Waals surface area contributed by atoms with Crippen LogP contribution in [0.2, 0.25) is 0 Å². The van der Waals surface area contributed by atoms with Gasteiger partial charge in [-0.05, 0) is 38.7 Å². The highest BCUT2D eigenvalue weighted by atomic mass is 16.2. The third-order valence-corrected chi connectivity index (χ3v) is 2.51. The molecule has 0 atom stereocenters. The lowest BCUT2D eigenvalue weighted by molar-refractivity contribution is -0.122. The molecule has 104 valence electrons. The fourth-order valence-electron chi connectivity index (χ4n) is 1.51. The second-order valence-corrected chi connectivity index (χ2v) is 4.25. The Morgan fingerprint density at radius 3 is 2.53 bits per heavy atom. The minimum absolute atomic E-state index is 0.217. The van der Waals surface area contributed by atoms with Gasteiger partial charge in [0.15, 0.2) is 0 Å². The molecule has 4 N–H and O–H groups in total. The summed E-state index contributed by atoms with van der Waals surface area (Å²) in [6.07, 6.45) is 0.833. The highest BCUT2D eigenvalue weighted by molar-refractivity contribution is 5.95.